The first-order chi connectivity index (χ1) is 11.5. The monoisotopic (exact) mass is 329 g/mol. The molecule has 0 spiro atoms. The molecule has 24 heavy (non-hydrogen) atoms. The SMILES string of the molecule is CCC(C)N(CCNc1cc(OC)cc2cccnc12)CC(C)C. The number of aromatic nitrogens is 1. The van der Waals surface area contributed by atoms with Crippen molar-refractivity contribution in [2.24, 2.45) is 5.92 Å². The Bertz CT molecular complexity index is 642. The van der Waals surface area contributed by atoms with Gasteiger partial charge in [0.05, 0.1) is 18.3 Å². The highest BCUT2D eigenvalue weighted by Gasteiger charge is 2.13. The molecule has 132 valence electrons. The first-order valence-electron chi connectivity index (χ1n) is 8.95. The predicted octanol–water partition coefficient (Wildman–Crippen LogP) is 4.41. The highest BCUT2D eigenvalue weighted by atomic mass is 16.5. The molecule has 0 aliphatic rings. The molecule has 0 amide bonds. The molecule has 0 aliphatic heterocycles. The molecule has 0 radical (unpaired) electrons. The summed E-state index contributed by atoms with van der Waals surface area (Å²) in [6, 6.07) is 8.69. The summed E-state index contributed by atoms with van der Waals surface area (Å²) < 4.78 is 5.42. The van der Waals surface area contributed by atoms with Crippen LogP contribution < -0.4 is 10.1 Å². The van der Waals surface area contributed by atoms with Gasteiger partial charge in [0.1, 0.15) is 5.75 Å². The molecule has 0 bridgehead atoms. The Labute approximate surface area is 146 Å². The van der Waals surface area contributed by atoms with E-state index in [1.54, 1.807) is 7.11 Å². The molecule has 1 heterocycles. The molecule has 4 nitrogen and oxygen atoms in total. The van der Waals surface area contributed by atoms with Crippen LogP contribution in [0.4, 0.5) is 5.69 Å². The summed E-state index contributed by atoms with van der Waals surface area (Å²) in [4.78, 5) is 7.09. The number of nitrogens with zero attached hydrogens (tertiary/aromatic N) is 2. The molecule has 1 atom stereocenters. The molecule has 1 aromatic carbocycles. The van der Waals surface area contributed by atoms with Gasteiger partial charge in [-0.1, -0.05) is 26.8 Å². The lowest BCUT2D eigenvalue weighted by atomic mass is 10.1. The van der Waals surface area contributed by atoms with Gasteiger partial charge in [0.15, 0.2) is 0 Å². The zero-order valence-electron chi connectivity index (χ0n) is 15.7. The molecule has 1 N–H and O–H groups in total. The average Bonchev–Trinajstić information content (AvgIpc) is 2.59. The van der Waals surface area contributed by atoms with Crippen LogP contribution in [0.25, 0.3) is 10.9 Å². The first kappa shape index (κ1) is 18.5. The number of rotatable bonds is 9. The lowest BCUT2D eigenvalue weighted by molar-refractivity contribution is 0.189. The minimum atomic E-state index is 0.606. The minimum Gasteiger partial charge on any atom is -0.497 e. The van der Waals surface area contributed by atoms with E-state index in [0.29, 0.717) is 12.0 Å². The van der Waals surface area contributed by atoms with Crippen LogP contribution in [0.5, 0.6) is 5.75 Å². The van der Waals surface area contributed by atoms with E-state index in [9.17, 15) is 0 Å². The van der Waals surface area contributed by atoms with Crippen LogP contribution >= 0.6 is 0 Å². The van der Waals surface area contributed by atoms with Gasteiger partial charge in [-0.3, -0.25) is 9.88 Å². The lowest BCUT2D eigenvalue weighted by Crippen LogP contribution is -2.38. The highest BCUT2D eigenvalue weighted by molar-refractivity contribution is 5.91. The number of methoxy groups -OCH3 is 1. The standard InChI is InChI=1S/C20H31N3O/c1-6-16(4)23(14-15(2)3)11-10-21-19-13-18(24-5)12-17-8-7-9-22-20(17)19/h7-9,12-13,15-16,21H,6,10-11,14H2,1-5H3. The number of anilines is 1. The highest BCUT2D eigenvalue weighted by Crippen LogP contribution is 2.27. The van der Waals surface area contributed by atoms with E-state index >= 15 is 0 Å². The summed E-state index contributed by atoms with van der Waals surface area (Å²) >= 11 is 0. The van der Waals surface area contributed by atoms with Crippen molar-refractivity contribution in [2.45, 2.75) is 40.2 Å². The Morgan fingerprint density at radius 3 is 2.71 bits per heavy atom. The van der Waals surface area contributed by atoms with E-state index in [1.165, 1.54) is 6.42 Å². The van der Waals surface area contributed by atoms with Crippen LogP contribution in [-0.4, -0.2) is 42.7 Å². The Morgan fingerprint density at radius 1 is 1.25 bits per heavy atom. The van der Waals surface area contributed by atoms with Crippen molar-refractivity contribution >= 4 is 16.6 Å². The fourth-order valence-corrected chi connectivity index (χ4v) is 2.97. The smallest absolute Gasteiger partial charge is 0.121 e. The number of benzene rings is 1. The van der Waals surface area contributed by atoms with Crippen LogP contribution in [0.1, 0.15) is 34.1 Å². The second-order valence-corrected chi connectivity index (χ2v) is 6.82. The topological polar surface area (TPSA) is 37.4 Å². The van der Waals surface area contributed by atoms with Gasteiger partial charge in [-0.15, -0.1) is 0 Å². The quantitative estimate of drug-likeness (QED) is 0.739. The third-order valence-electron chi connectivity index (χ3n) is 4.44. The molecule has 4 heteroatoms. The summed E-state index contributed by atoms with van der Waals surface area (Å²) in [5.74, 6) is 1.54. The third-order valence-corrected chi connectivity index (χ3v) is 4.44. The van der Waals surface area contributed by atoms with Crippen LogP contribution in [0.3, 0.4) is 0 Å². The first-order valence-corrected chi connectivity index (χ1v) is 8.95. The van der Waals surface area contributed by atoms with Crippen molar-refractivity contribution in [1.29, 1.82) is 0 Å². The van der Waals surface area contributed by atoms with Crippen LogP contribution in [0.2, 0.25) is 0 Å². The fourth-order valence-electron chi connectivity index (χ4n) is 2.97. The summed E-state index contributed by atoms with van der Waals surface area (Å²) in [6.45, 7) is 12.2. The van der Waals surface area contributed by atoms with Gasteiger partial charge in [-0.05, 0) is 31.4 Å². The van der Waals surface area contributed by atoms with E-state index in [4.69, 9.17) is 4.74 Å². The van der Waals surface area contributed by atoms with E-state index in [0.717, 1.165) is 42.0 Å². The second-order valence-electron chi connectivity index (χ2n) is 6.82. The molecule has 1 unspecified atom stereocenters. The van der Waals surface area contributed by atoms with E-state index in [1.807, 2.05) is 24.4 Å². The molecule has 0 fully saturated rings. The predicted molar refractivity (Wildman–Crippen MR) is 103 cm³/mol. The van der Waals surface area contributed by atoms with Crippen molar-refractivity contribution in [2.75, 3.05) is 32.1 Å². The number of hydrogen-bond donors (Lipinski definition) is 1. The molecule has 0 aliphatic carbocycles. The zero-order chi connectivity index (χ0) is 17.5. The van der Waals surface area contributed by atoms with Crippen LogP contribution in [0, 0.1) is 5.92 Å². The maximum atomic E-state index is 5.42. The Balaban J connectivity index is 2.09. The Morgan fingerprint density at radius 2 is 2.04 bits per heavy atom. The summed E-state index contributed by atoms with van der Waals surface area (Å²) in [7, 11) is 1.70. The number of hydrogen-bond acceptors (Lipinski definition) is 4. The maximum Gasteiger partial charge on any atom is 0.121 e. The van der Waals surface area contributed by atoms with Crippen molar-refractivity contribution < 1.29 is 4.74 Å². The normalized spacial score (nSPS) is 12.8. The van der Waals surface area contributed by atoms with Gasteiger partial charge >= 0.3 is 0 Å². The van der Waals surface area contributed by atoms with E-state index in [2.05, 4.69) is 49.0 Å². The third kappa shape index (κ3) is 4.84. The van der Waals surface area contributed by atoms with Crippen molar-refractivity contribution in [1.82, 2.24) is 9.88 Å². The Hall–Kier alpha value is -1.81. The molecular formula is C20H31N3O. The number of fused-ring (bicyclic) bond motifs is 1. The van der Waals surface area contributed by atoms with Crippen molar-refractivity contribution in [3.63, 3.8) is 0 Å². The van der Waals surface area contributed by atoms with Crippen LogP contribution in [-0.2, 0) is 0 Å². The van der Waals surface area contributed by atoms with Crippen molar-refractivity contribution in [3.8, 4) is 5.75 Å². The molecule has 0 saturated heterocycles. The van der Waals surface area contributed by atoms with Gasteiger partial charge < -0.3 is 10.1 Å². The minimum absolute atomic E-state index is 0.606. The fraction of sp³-hybridized carbons (Fsp3) is 0.550. The maximum absolute atomic E-state index is 5.42. The van der Waals surface area contributed by atoms with Gasteiger partial charge in [0, 0.05) is 43.3 Å². The van der Waals surface area contributed by atoms with Gasteiger partial charge in [0.25, 0.3) is 0 Å². The van der Waals surface area contributed by atoms with Crippen LogP contribution in [0.15, 0.2) is 30.5 Å². The van der Waals surface area contributed by atoms with Gasteiger partial charge in [-0.25, -0.2) is 0 Å². The summed E-state index contributed by atoms with van der Waals surface area (Å²) in [6.07, 6.45) is 3.01. The lowest BCUT2D eigenvalue weighted by Gasteiger charge is -2.30. The summed E-state index contributed by atoms with van der Waals surface area (Å²) in [5.41, 5.74) is 2.04. The Kier molecular flexibility index (Phi) is 6.85. The van der Waals surface area contributed by atoms with E-state index in [-0.39, 0.29) is 0 Å². The molecular weight excluding hydrogens is 298 g/mol. The zero-order valence-corrected chi connectivity index (χ0v) is 15.7. The van der Waals surface area contributed by atoms with Gasteiger partial charge in [0.2, 0.25) is 0 Å². The molecule has 0 saturated carbocycles. The second kappa shape index (κ2) is 8.88. The summed E-state index contributed by atoms with van der Waals surface area (Å²) in [5, 5.41) is 4.66. The average molecular weight is 329 g/mol. The number of nitrogens with one attached hydrogen (secondary N) is 1. The van der Waals surface area contributed by atoms with E-state index < -0.39 is 0 Å². The number of ether oxygens (including phenoxy) is 1. The molecule has 1 aromatic heterocycles. The van der Waals surface area contributed by atoms with Gasteiger partial charge in [-0.2, -0.15) is 0 Å². The van der Waals surface area contributed by atoms with Crippen molar-refractivity contribution in [3.05, 3.63) is 30.5 Å². The molecule has 2 aromatic rings. The number of pyridine rings is 1. The molecule has 2 rings (SSSR count). The largest absolute Gasteiger partial charge is 0.497 e.